The molecule has 0 saturated heterocycles. The summed E-state index contributed by atoms with van der Waals surface area (Å²) in [4.78, 5) is 12.5. The van der Waals surface area contributed by atoms with E-state index < -0.39 is 0 Å². The molecular weight excluding hydrogens is 412 g/mol. The van der Waals surface area contributed by atoms with E-state index in [-0.39, 0.29) is 17.8 Å². The van der Waals surface area contributed by atoms with Crippen LogP contribution >= 0.6 is 11.8 Å². The number of ether oxygens (including phenoxy) is 2. The molecule has 1 unspecified atom stereocenters. The van der Waals surface area contributed by atoms with Gasteiger partial charge in [-0.2, -0.15) is 0 Å². The molecule has 0 spiro atoms. The number of hydrogen-bond acceptors (Lipinski definition) is 6. The number of carbonyl (C=O) groups excluding carboxylic acids is 1. The average Bonchev–Trinajstić information content (AvgIpc) is 3.20. The number of aromatic nitrogens is 3. The Morgan fingerprint density at radius 2 is 2.00 bits per heavy atom. The van der Waals surface area contributed by atoms with E-state index >= 15 is 0 Å². The number of anilines is 1. The minimum Gasteiger partial charge on any atom is -0.485 e. The zero-order valence-corrected chi connectivity index (χ0v) is 18.1. The fourth-order valence-electron chi connectivity index (χ4n) is 3.36. The van der Waals surface area contributed by atoms with Crippen molar-refractivity contribution < 1.29 is 14.3 Å². The fourth-order valence-corrected chi connectivity index (χ4v) is 4.11. The van der Waals surface area contributed by atoms with Crippen LogP contribution in [0, 0.1) is 0 Å². The molecule has 0 aliphatic carbocycles. The van der Waals surface area contributed by atoms with Gasteiger partial charge in [0.25, 0.3) is 0 Å². The van der Waals surface area contributed by atoms with Gasteiger partial charge >= 0.3 is 0 Å². The molecule has 0 radical (unpaired) electrons. The number of para-hydroxylation sites is 3. The second-order valence-electron chi connectivity index (χ2n) is 6.95. The third-order valence-corrected chi connectivity index (χ3v) is 5.83. The maximum Gasteiger partial charge on any atom is 0.234 e. The molecule has 1 aromatic heterocycles. The van der Waals surface area contributed by atoms with Crippen LogP contribution in [0.4, 0.5) is 5.69 Å². The Morgan fingerprint density at radius 1 is 1.23 bits per heavy atom. The van der Waals surface area contributed by atoms with Crippen LogP contribution in [0.25, 0.3) is 0 Å². The summed E-state index contributed by atoms with van der Waals surface area (Å²) < 4.78 is 13.8. The first-order chi connectivity index (χ1) is 15.2. The average molecular weight is 437 g/mol. The summed E-state index contributed by atoms with van der Waals surface area (Å²) in [5.74, 6) is 2.17. The SMILES string of the molecule is C=CCn1c(SCC(=O)Nc2ccccc2CC)nnc1C1COc2ccccc2O1. The minimum absolute atomic E-state index is 0.0909. The van der Waals surface area contributed by atoms with Gasteiger partial charge in [0.05, 0.1) is 5.75 Å². The highest BCUT2D eigenvalue weighted by atomic mass is 32.2. The molecule has 31 heavy (non-hydrogen) atoms. The van der Waals surface area contributed by atoms with Crippen molar-refractivity contribution in [2.24, 2.45) is 0 Å². The van der Waals surface area contributed by atoms with E-state index in [9.17, 15) is 4.79 Å². The van der Waals surface area contributed by atoms with Gasteiger partial charge in [0.15, 0.2) is 28.6 Å². The van der Waals surface area contributed by atoms with Crippen LogP contribution in [0.2, 0.25) is 0 Å². The van der Waals surface area contributed by atoms with E-state index in [2.05, 4.69) is 29.0 Å². The van der Waals surface area contributed by atoms with Crippen LogP contribution in [-0.4, -0.2) is 33.0 Å². The number of nitrogens with one attached hydrogen (secondary N) is 1. The first kappa shape index (κ1) is 21.0. The van der Waals surface area contributed by atoms with Crippen molar-refractivity contribution in [3.63, 3.8) is 0 Å². The van der Waals surface area contributed by atoms with Crippen LogP contribution < -0.4 is 14.8 Å². The Kier molecular flexibility index (Phi) is 6.57. The predicted octanol–water partition coefficient (Wildman–Crippen LogP) is 4.27. The van der Waals surface area contributed by atoms with E-state index in [4.69, 9.17) is 9.47 Å². The lowest BCUT2D eigenvalue weighted by Gasteiger charge is -2.26. The Morgan fingerprint density at radius 3 is 2.81 bits per heavy atom. The largest absolute Gasteiger partial charge is 0.485 e. The molecule has 3 aromatic rings. The molecule has 7 nitrogen and oxygen atoms in total. The fraction of sp³-hybridized carbons (Fsp3) is 0.261. The Labute approximate surface area is 185 Å². The molecule has 1 amide bonds. The highest BCUT2D eigenvalue weighted by molar-refractivity contribution is 7.99. The van der Waals surface area contributed by atoms with E-state index in [0.29, 0.717) is 35.6 Å². The smallest absolute Gasteiger partial charge is 0.234 e. The quantitative estimate of drug-likeness (QED) is 0.420. The van der Waals surface area contributed by atoms with Crippen molar-refractivity contribution in [2.75, 3.05) is 17.7 Å². The second kappa shape index (κ2) is 9.70. The topological polar surface area (TPSA) is 78.3 Å². The molecule has 0 bridgehead atoms. The van der Waals surface area contributed by atoms with Crippen molar-refractivity contribution in [3.05, 3.63) is 72.6 Å². The summed E-state index contributed by atoms with van der Waals surface area (Å²) in [6, 6.07) is 15.4. The second-order valence-corrected chi connectivity index (χ2v) is 7.89. The first-order valence-corrected chi connectivity index (χ1v) is 11.1. The lowest BCUT2D eigenvalue weighted by molar-refractivity contribution is -0.113. The van der Waals surface area contributed by atoms with Gasteiger partial charge in [-0.25, -0.2) is 0 Å². The summed E-state index contributed by atoms with van der Waals surface area (Å²) >= 11 is 1.33. The highest BCUT2D eigenvalue weighted by Gasteiger charge is 2.28. The molecular formula is C23H24N4O3S. The zero-order valence-electron chi connectivity index (χ0n) is 17.3. The monoisotopic (exact) mass is 436 g/mol. The molecule has 160 valence electrons. The van der Waals surface area contributed by atoms with E-state index in [1.54, 1.807) is 6.08 Å². The van der Waals surface area contributed by atoms with Crippen LogP contribution in [0.3, 0.4) is 0 Å². The van der Waals surface area contributed by atoms with Crippen molar-refractivity contribution >= 4 is 23.4 Å². The molecule has 1 atom stereocenters. The number of amides is 1. The van der Waals surface area contributed by atoms with Crippen LogP contribution in [0.5, 0.6) is 11.5 Å². The van der Waals surface area contributed by atoms with Crippen LogP contribution in [0.1, 0.15) is 24.4 Å². The number of benzene rings is 2. The molecule has 8 heteroatoms. The molecule has 1 N–H and O–H groups in total. The van der Waals surface area contributed by atoms with E-state index in [1.165, 1.54) is 11.8 Å². The molecule has 0 saturated carbocycles. The summed E-state index contributed by atoms with van der Waals surface area (Å²) in [7, 11) is 0. The Balaban J connectivity index is 1.45. The number of nitrogens with zero attached hydrogens (tertiary/aromatic N) is 3. The standard InChI is InChI=1S/C23H24N4O3S/c1-3-13-27-22(20-14-29-18-11-7-8-12-19(18)30-20)25-26-23(27)31-15-21(28)24-17-10-6-5-9-16(17)4-2/h3,5-12,20H,1,4,13-15H2,2H3,(H,24,28). The van der Waals surface area contributed by atoms with Gasteiger partial charge in [0, 0.05) is 12.2 Å². The number of hydrogen-bond donors (Lipinski definition) is 1. The summed E-state index contributed by atoms with van der Waals surface area (Å²) in [6.07, 6.45) is 2.24. The van der Waals surface area contributed by atoms with Gasteiger partial charge in [-0.3, -0.25) is 9.36 Å². The molecule has 4 rings (SSSR count). The number of carbonyl (C=O) groups is 1. The summed E-state index contributed by atoms with van der Waals surface area (Å²) in [5.41, 5.74) is 1.95. The van der Waals surface area contributed by atoms with Gasteiger partial charge in [0.1, 0.15) is 6.61 Å². The predicted molar refractivity (Wildman–Crippen MR) is 121 cm³/mol. The van der Waals surface area contributed by atoms with Crippen molar-refractivity contribution in [2.45, 2.75) is 31.1 Å². The highest BCUT2D eigenvalue weighted by Crippen LogP contribution is 2.36. The van der Waals surface area contributed by atoms with Crippen molar-refractivity contribution in [1.29, 1.82) is 0 Å². The van der Waals surface area contributed by atoms with Gasteiger partial charge in [-0.15, -0.1) is 16.8 Å². The third-order valence-electron chi connectivity index (χ3n) is 4.86. The number of rotatable bonds is 8. The molecule has 1 aliphatic heterocycles. The maximum atomic E-state index is 12.5. The number of allylic oxidation sites excluding steroid dienone is 1. The Bertz CT molecular complexity index is 1080. The lowest BCUT2D eigenvalue weighted by Crippen LogP contribution is -2.25. The summed E-state index contributed by atoms with van der Waals surface area (Å²) in [6.45, 7) is 6.74. The number of fused-ring (bicyclic) bond motifs is 1. The maximum absolute atomic E-state index is 12.5. The van der Waals surface area contributed by atoms with E-state index in [1.807, 2.05) is 53.1 Å². The van der Waals surface area contributed by atoms with Gasteiger partial charge in [-0.05, 0) is 30.2 Å². The third kappa shape index (κ3) is 4.74. The number of aryl methyl sites for hydroxylation is 1. The lowest BCUT2D eigenvalue weighted by atomic mass is 10.1. The first-order valence-electron chi connectivity index (χ1n) is 10.1. The zero-order chi connectivity index (χ0) is 21.6. The Hall–Kier alpha value is -3.26. The molecule has 0 fully saturated rings. The summed E-state index contributed by atoms with van der Waals surface area (Å²) in [5, 5.41) is 12.2. The minimum atomic E-state index is -0.387. The van der Waals surface area contributed by atoms with Crippen molar-refractivity contribution in [1.82, 2.24) is 14.8 Å². The normalized spacial score (nSPS) is 14.8. The number of thioether (sulfide) groups is 1. The van der Waals surface area contributed by atoms with Crippen LogP contribution in [-0.2, 0) is 17.8 Å². The van der Waals surface area contributed by atoms with Gasteiger partial charge in [0.2, 0.25) is 5.91 Å². The van der Waals surface area contributed by atoms with Crippen molar-refractivity contribution in [3.8, 4) is 11.5 Å². The van der Waals surface area contributed by atoms with E-state index in [0.717, 1.165) is 17.7 Å². The molecule has 2 aromatic carbocycles. The van der Waals surface area contributed by atoms with Gasteiger partial charge in [-0.1, -0.05) is 55.1 Å². The van der Waals surface area contributed by atoms with Crippen LogP contribution in [0.15, 0.2) is 66.3 Å². The molecule has 1 aliphatic rings. The molecule has 2 heterocycles. The van der Waals surface area contributed by atoms with Gasteiger partial charge < -0.3 is 14.8 Å².